The molecule has 1 aliphatic carbocycles. The fourth-order valence-corrected chi connectivity index (χ4v) is 2.90. The Morgan fingerprint density at radius 1 is 1.47 bits per heavy atom. The number of ether oxygens (including phenoxy) is 1. The van der Waals surface area contributed by atoms with Gasteiger partial charge in [0, 0.05) is 5.56 Å². The number of hydrogen-bond donors (Lipinski definition) is 1. The first-order valence-electron chi connectivity index (χ1n) is 6.55. The molecule has 2 N–H and O–H groups in total. The lowest BCUT2D eigenvalue weighted by Crippen LogP contribution is -2.21. The second kappa shape index (κ2) is 5.70. The van der Waals surface area contributed by atoms with Gasteiger partial charge in [-0.2, -0.15) is 0 Å². The van der Waals surface area contributed by atoms with E-state index in [1.54, 1.807) is 0 Å². The molecule has 0 saturated heterocycles. The molecule has 0 atom stereocenters. The van der Waals surface area contributed by atoms with Gasteiger partial charge in [-0.1, -0.05) is 37.5 Å². The standard InChI is InChI=1S/C15H19NO2S/c1-9-12(15(17)18-2)7-6-11(13(9)14(16)19)8-10-4-3-5-10/h6-7,10H,3-5,8H2,1-2H3,(H2,16,19). The van der Waals surface area contributed by atoms with E-state index in [1.165, 1.54) is 26.4 Å². The van der Waals surface area contributed by atoms with Gasteiger partial charge in [0.25, 0.3) is 0 Å². The highest BCUT2D eigenvalue weighted by Gasteiger charge is 2.22. The van der Waals surface area contributed by atoms with Crippen LogP contribution in [0, 0.1) is 12.8 Å². The first-order valence-corrected chi connectivity index (χ1v) is 6.96. The van der Waals surface area contributed by atoms with E-state index >= 15 is 0 Å². The highest BCUT2D eigenvalue weighted by molar-refractivity contribution is 7.80. The van der Waals surface area contributed by atoms with E-state index in [-0.39, 0.29) is 5.97 Å². The maximum atomic E-state index is 11.7. The summed E-state index contributed by atoms with van der Waals surface area (Å²) in [5, 5.41) is 0. The summed E-state index contributed by atoms with van der Waals surface area (Å²) in [5.41, 5.74) is 9.22. The first kappa shape index (κ1) is 14.0. The van der Waals surface area contributed by atoms with Gasteiger partial charge in [0.15, 0.2) is 0 Å². The third-order valence-electron chi connectivity index (χ3n) is 3.94. The lowest BCUT2D eigenvalue weighted by Gasteiger charge is -2.26. The second-order valence-electron chi connectivity index (χ2n) is 5.13. The van der Waals surface area contributed by atoms with E-state index in [0.717, 1.165) is 29.0 Å². The molecule has 0 heterocycles. The molecule has 0 unspecified atom stereocenters. The molecule has 2 rings (SSSR count). The van der Waals surface area contributed by atoms with E-state index in [4.69, 9.17) is 22.7 Å². The monoisotopic (exact) mass is 277 g/mol. The smallest absolute Gasteiger partial charge is 0.338 e. The molecule has 3 nitrogen and oxygen atoms in total. The number of thiocarbonyl (C=S) groups is 1. The van der Waals surface area contributed by atoms with Crippen LogP contribution in [0.25, 0.3) is 0 Å². The Morgan fingerprint density at radius 2 is 2.16 bits per heavy atom. The number of methoxy groups -OCH3 is 1. The number of benzene rings is 1. The zero-order valence-electron chi connectivity index (χ0n) is 11.4. The Bertz CT molecular complexity index is 521. The van der Waals surface area contributed by atoms with Crippen LogP contribution in [0.4, 0.5) is 0 Å². The van der Waals surface area contributed by atoms with Gasteiger partial charge in [-0.15, -0.1) is 0 Å². The minimum absolute atomic E-state index is 0.342. The average molecular weight is 277 g/mol. The summed E-state index contributed by atoms with van der Waals surface area (Å²) in [4.78, 5) is 12.1. The minimum atomic E-state index is -0.342. The summed E-state index contributed by atoms with van der Waals surface area (Å²) >= 11 is 5.15. The predicted octanol–water partition coefficient (Wildman–Crippen LogP) is 2.76. The molecule has 1 aliphatic rings. The van der Waals surface area contributed by atoms with Crippen LogP contribution in [0.1, 0.15) is 46.3 Å². The highest BCUT2D eigenvalue weighted by atomic mass is 32.1. The van der Waals surface area contributed by atoms with Crippen molar-refractivity contribution in [1.29, 1.82) is 0 Å². The summed E-state index contributed by atoms with van der Waals surface area (Å²) in [6, 6.07) is 3.78. The van der Waals surface area contributed by atoms with Gasteiger partial charge in [0.1, 0.15) is 4.99 Å². The second-order valence-corrected chi connectivity index (χ2v) is 5.57. The molecule has 0 amide bonds. The van der Waals surface area contributed by atoms with E-state index in [2.05, 4.69) is 0 Å². The summed E-state index contributed by atoms with van der Waals surface area (Å²) in [7, 11) is 1.38. The Kier molecular flexibility index (Phi) is 4.20. The van der Waals surface area contributed by atoms with Gasteiger partial charge in [0.2, 0.25) is 0 Å². The third kappa shape index (κ3) is 2.78. The van der Waals surface area contributed by atoms with Crippen LogP contribution in [0.2, 0.25) is 0 Å². The lowest BCUT2D eigenvalue weighted by molar-refractivity contribution is 0.0600. The summed E-state index contributed by atoms with van der Waals surface area (Å²) in [6.07, 6.45) is 4.85. The summed E-state index contributed by atoms with van der Waals surface area (Å²) in [6.45, 7) is 1.88. The zero-order chi connectivity index (χ0) is 14.0. The zero-order valence-corrected chi connectivity index (χ0v) is 12.2. The van der Waals surface area contributed by atoms with Crippen LogP contribution in [-0.2, 0) is 11.2 Å². The number of hydrogen-bond acceptors (Lipinski definition) is 3. The van der Waals surface area contributed by atoms with Gasteiger partial charge < -0.3 is 10.5 Å². The van der Waals surface area contributed by atoms with Crippen molar-refractivity contribution in [1.82, 2.24) is 0 Å². The quantitative estimate of drug-likeness (QED) is 0.679. The predicted molar refractivity (Wildman–Crippen MR) is 79.5 cm³/mol. The highest BCUT2D eigenvalue weighted by Crippen LogP contribution is 2.32. The van der Waals surface area contributed by atoms with E-state index in [0.29, 0.717) is 10.6 Å². The largest absolute Gasteiger partial charge is 0.465 e. The van der Waals surface area contributed by atoms with Crippen molar-refractivity contribution in [2.24, 2.45) is 11.7 Å². The lowest BCUT2D eigenvalue weighted by atomic mass is 9.79. The molecular weight excluding hydrogens is 258 g/mol. The average Bonchev–Trinajstić information content (AvgIpc) is 2.32. The molecule has 0 bridgehead atoms. The van der Waals surface area contributed by atoms with Crippen molar-refractivity contribution < 1.29 is 9.53 Å². The van der Waals surface area contributed by atoms with Gasteiger partial charge in [-0.3, -0.25) is 0 Å². The van der Waals surface area contributed by atoms with Crippen LogP contribution in [0.15, 0.2) is 12.1 Å². The van der Waals surface area contributed by atoms with Gasteiger partial charge in [-0.05, 0) is 36.5 Å². The molecule has 0 aromatic heterocycles. The van der Waals surface area contributed by atoms with Gasteiger partial charge in [-0.25, -0.2) is 4.79 Å². The Labute approximate surface area is 119 Å². The molecule has 1 aromatic rings. The topological polar surface area (TPSA) is 52.3 Å². The maximum Gasteiger partial charge on any atom is 0.338 e. The fraction of sp³-hybridized carbons (Fsp3) is 0.467. The molecule has 0 radical (unpaired) electrons. The van der Waals surface area contributed by atoms with Crippen molar-refractivity contribution in [3.8, 4) is 0 Å². The Hall–Kier alpha value is -1.42. The molecule has 0 spiro atoms. The van der Waals surface area contributed by atoms with Crippen LogP contribution in [0.3, 0.4) is 0 Å². The minimum Gasteiger partial charge on any atom is -0.465 e. The van der Waals surface area contributed by atoms with Gasteiger partial charge in [0.05, 0.1) is 12.7 Å². The Balaban J connectivity index is 2.41. The maximum absolute atomic E-state index is 11.7. The van der Waals surface area contributed by atoms with Crippen molar-refractivity contribution >= 4 is 23.2 Å². The van der Waals surface area contributed by atoms with E-state index in [1.807, 2.05) is 19.1 Å². The molecule has 1 fully saturated rings. The number of nitrogens with two attached hydrogens (primary N) is 1. The molecule has 0 aliphatic heterocycles. The third-order valence-corrected chi connectivity index (χ3v) is 4.14. The molecule has 1 saturated carbocycles. The SMILES string of the molecule is COC(=O)c1ccc(CC2CCC2)c(C(N)=S)c1C. The van der Waals surface area contributed by atoms with Crippen LogP contribution < -0.4 is 5.73 Å². The van der Waals surface area contributed by atoms with Crippen molar-refractivity contribution in [3.63, 3.8) is 0 Å². The van der Waals surface area contributed by atoms with E-state index in [9.17, 15) is 4.79 Å². The molecular formula is C15H19NO2S. The van der Waals surface area contributed by atoms with Crippen molar-refractivity contribution in [2.75, 3.05) is 7.11 Å². The fourth-order valence-electron chi connectivity index (χ4n) is 2.62. The summed E-state index contributed by atoms with van der Waals surface area (Å²) in [5.74, 6) is 0.390. The Morgan fingerprint density at radius 3 is 2.63 bits per heavy atom. The van der Waals surface area contributed by atoms with Crippen molar-refractivity contribution in [2.45, 2.75) is 32.6 Å². The normalized spacial score (nSPS) is 14.8. The van der Waals surface area contributed by atoms with E-state index < -0.39 is 0 Å². The number of carbonyl (C=O) groups excluding carboxylic acids is 1. The van der Waals surface area contributed by atoms with Crippen LogP contribution in [-0.4, -0.2) is 18.1 Å². The van der Waals surface area contributed by atoms with Crippen LogP contribution in [0.5, 0.6) is 0 Å². The molecule has 1 aromatic carbocycles. The molecule has 4 heteroatoms. The number of rotatable bonds is 4. The van der Waals surface area contributed by atoms with Crippen molar-refractivity contribution in [3.05, 3.63) is 34.4 Å². The molecule has 102 valence electrons. The number of esters is 1. The molecule has 19 heavy (non-hydrogen) atoms. The number of carbonyl (C=O) groups is 1. The van der Waals surface area contributed by atoms with Gasteiger partial charge >= 0.3 is 5.97 Å². The van der Waals surface area contributed by atoms with Crippen LogP contribution >= 0.6 is 12.2 Å². The summed E-state index contributed by atoms with van der Waals surface area (Å²) < 4.78 is 4.78. The first-order chi connectivity index (χ1) is 9.04.